The lowest BCUT2D eigenvalue weighted by Crippen LogP contribution is -2.53. The molecule has 3 aliphatic rings. The first-order valence-corrected chi connectivity index (χ1v) is 11.3. The first-order valence-electron chi connectivity index (χ1n) is 11.3. The molecule has 2 aromatic carbocycles. The molecule has 4 N–H and O–H groups in total. The molecule has 4 atom stereocenters. The lowest BCUT2D eigenvalue weighted by molar-refractivity contribution is -0.143. The Labute approximate surface area is 196 Å². The number of nitrogens with one attached hydrogen (secondary N) is 2. The van der Waals surface area contributed by atoms with Crippen molar-refractivity contribution in [2.24, 2.45) is 17.6 Å². The summed E-state index contributed by atoms with van der Waals surface area (Å²) in [6.45, 7) is 1.99. The molecule has 9 nitrogen and oxygen atoms in total. The SMILES string of the molecule is CCc1cccc2c1NC(=O)[C@@]21N[C@@H](CC(N)=O)[C@H]2C(=O)N(Cc3ccccc3OC)C(=O)[C@@H]21. The number of benzene rings is 2. The number of nitrogens with two attached hydrogens (primary N) is 1. The molecule has 3 aliphatic heterocycles. The van der Waals surface area contributed by atoms with E-state index in [1.807, 2.05) is 19.1 Å². The molecule has 0 unspecified atom stereocenters. The van der Waals surface area contributed by atoms with Gasteiger partial charge in [-0.1, -0.05) is 43.3 Å². The largest absolute Gasteiger partial charge is 0.496 e. The molecule has 0 radical (unpaired) electrons. The van der Waals surface area contributed by atoms with Crippen LogP contribution in [-0.4, -0.2) is 41.7 Å². The van der Waals surface area contributed by atoms with Crippen molar-refractivity contribution in [2.75, 3.05) is 12.4 Å². The van der Waals surface area contributed by atoms with Crippen LogP contribution >= 0.6 is 0 Å². The molecule has 0 aromatic heterocycles. The summed E-state index contributed by atoms with van der Waals surface area (Å²) >= 11 is 0. The number of aryl methyl sites for hydroxylation is 1. The van der Waals surface area contributed by atoms with Crippen LogP contribution in [0, 0.1) is 11.8 Å². The maximum atomic E-state index is 13.8. The lowest BCUT2D eigenvalue weighted by atomic mass is 9.76. The van der Waals surface area contributed by atoms with Crippen molar-refractivity contribution in [2.45, 2.75) is 37.9 Å². The van der Waals surface area contributed by atoms with Crippen LogP contribution in [-0.2, 0) is 37.7 Å². The molecule has 34 heavy (non-hydrogen) atoms. The highest BCUT2D eigenvalue weighted by atomic mass is 16.5. The summed E-state index contributed by atoms with van der Waals surface area (Å²) in [6.07, 6.45) is 0.520. The molecule has 9 heteroatoms. The van der Waals surface area contributed by atoms with Crippen molar-refractivity contribution in [1.82, 2.24) is 10.2 Å². The van der Waals surface area contributed by atoms with Crippen molar-refractivity contribution in [1.29, 1.82) is 0 Å². The highest BCUT2D eigenvalue weighted by molar-refractivity contribution is 6.15. The highest BCUT2D eigenvalue weighted by Gasteiger charge is 2.70. The number of hydrogen-bond acceptors (Lipinski definition) is 6. The molecule has 2 aromatic rings. The summed E-state index contributed by atoms with van der Waals surface area (Å²) in [5, 5.41) is 6.15. The molecule has 0 saturated carbocycles. The molecular weight excluding hydrogens is 436 g/mol. The van der Waals surface area contributed by atoms with Crippen LogP contribution in [0.4, 0.5) is 5.69 Å². The van der Waals surface area contributed by atoms with E-state index in [9.17, 15) is 19.2 Å². The fourth-order valence-electron chi connectivity index (χ4n) is 5.80. The molecular formula is C25H26N4O5. The molecule has 2 fully saturated rings. The summed E-state index contributed by atoms with van der Waals surface area (Å²) in [5.41, 5.74) is 6.92. The van der Waals surface area contributed by atoms with Crippen molar-refractivity contribution in [3.8, 4) is 5.75 Å². The predicted octanol–water partition coefficient (Wildman–Crippen LogP) is 1.05. The summed E-state index contributed by atoms with van der Waals surface area (Å²) in [4.78, 5) is 54.0. The minimum absolute atomic E-state index is 0.0114. The first kappa shape index (κ1) is 22.1. The minimum atomic E-state index is -1.45. The Hall–Kier alpha value is -3.72. The summed E-state index contributed by atoms with van der Waals surface area (Å²) in [6, 6.07) is 12.0. The van der Waals surface area contributed by atoms with Crippen molar-refractivity contribution >= 4 is 29.3 Å². The number of ether oxygens (including phenoxy) is 1. The second-order valence-corrected chi connectivity index (χ2v) is 8.95. The van der Waals surface area contributed by atoms with Gasteiger partial charge in [-0.2, -0.15) is 0 Å². The Balaban J connectivity index is 1.62. The van der Waals surface area contributed by atoms with Crippen LogP contribution < -0.4 is 21.1 Å². The van der Waals surface area contributed by atoms with Crippen LogP contribution in [0.25, 0.3) is 0 Å². The number of anilines is 1. The number of methoxy groups -OCH3 is 1. The number of imide groups is 1. The average molecular weight is 463 g/mol. The van der Waals surface area contributed by atoms with E-state index >= 15 is 0 Å². The minimum Gasteiger partial charge on any atom is -0.496 e. The van der Waals surface area contributed by atoms with Gasteiger partial charge in [-0.15, -0.1) is 0 Å². The van der Waals surface area contributed by atoms with Gasteiger partial charge in [-0.3, -0.25) is 29.4 Å². The van der Waals surface area contributed by atoms with Gasteiger partial charge >= 0.3 is 0 Å². The third kappa shape index (κ3) is 2.96. The van der Waals surface area contributed by atoms with E-state index < -0.39 is 47.0 Å². The fraction of sp³-hybridized carbons (Fsp3) is 0.360. The number of nitrogens with zero attached hydrogens (tertiary/aromatic N) is 1. The lowest BCUT2D eigenvalue weighted by Gasteiger charge is -2.29. The normalized spacial score (nSPS) is 27.2. The van der Waals surface area contributed by atoms with Gasteiger partial charge in [-0.05, 0) is 18.1 Å². The summed E-state index contributed by atoms with van der Waals surface area (Å²) < 4.78 is 5.39. The first-order chi connectivity index (χ1) is 16.3. The van der Waals surface area contributed by atoms with Gasteiger partial charge < -0.3 is 15.8 Å². The van der Waals surface area contributed by atoms with E-state index in [1.165, 1.54) is 12.0 Å². The molecule has 1 spiro atoms. The fourth-order valence-corrected chi connectivity index (χ4v) is 5.80. The van der Waals surface area contributed by atoms with Gasteiger partial charge in [0, 0.05) is 29.3 Å². The Bertz CT molecular complexity index is 1230. The van der Waals surface area contributed by atoms with Gasteiger partial charge in [0.15, 0.2) is 0 Å². The second-order valence-electron chi connectivity index (χ2n) is 8.95. The molecule has 0 bridgehead atoms. The molecule has 0 aliphatic carbocycles. The van der Waals surface area contributed by atoms with E-state index in [0.29, 0.717) is 29.0 Å². The van der Waals surface area contributed by atoms with Crippen molar-refractivity contribution in [3.63, 3.8) is 0 Å². The number of fused-ring (bicyclic) bond motifs is 4. The monoisotopic (exact) mass is 462 g/mol. The van der Waals surface area contributed by atoms with Crippen molar-refractivity contribution < 1.29 is 23.9 Å². The zero-order chi connectivity index (χ0) is 24.2. The van der Waals surface area contributed by atoms with Gasteiger partial charge in [0.1, 0.15) is 11.3 Å². The van der Waals surface area contributed by atoms with Crippen LogP contribution in [0.15, 0.2) is 42.5 Å². The predicted molar refractivity (Wildman–Crippen MR) is 122 cm³/mol. The third-order valence-corrected chi connectivity index (χ3v) is 7.25. The number of hydrogen-bond donors (Lipinski definition) is 3. The zero-order valence-electron chi connectivity index (χ0n) is 19.0. The van der Waals surface area contributed by atoms with Gasteiger partial charge in [-0.25, -0.2) is 0 Å². The van der Waals surface area contributed by atoms with Crippen molar-refractivity contribution in [3.05, 3.63) is 59.2 Å². The molecule has 2 saturated heterocycles. The third-order valence-electron chi connectivity index (χ3n) is 7.25. The second kappa shape index (κ2) is 7.95. The Morgan fingerprint density at radius 2 is 1.82 bits per heavy atom. The number of para-hydroxylation sites is 2. The number of rotatable bonds is 6. The Kier molecular flexibility index (Phi) is 5.16. The maximum Gasteiger partial charge on any atom is 0.250 e. The van der Waals surface area contributed by atoms with E-state index in [1.54, 1.807) is 30.3 Å². The van der Waals surface area contributed by atoms with Crippen LogP contribution in [0.2, 0.25) is 0 Å². The summed E-state index contributed by atoms with van der Waals surface area (Å²) in [5.74, 6) is -3.22. The smallest absolute Gasteiger partial charge is 0.250 e. The van der Waals surface area contributed by atoms with E-state index in [0.717, 1.165) is 5.56 Å². The van der Waals surface area contributed by atoms with Crippen LogP contribution in [0.3, 0.4) is 0 Å². The topological polar surface area (TPSA) is 131 Å². The quantitative estimate of drug-likeness (QED) is 0.550. The number of likely N-dealkylation sites (tertiary alicyclic amines) is 1. The molecule has 5 rings (SSSR count). The summed E-state index contributed by atoms with van der Waals surface area (Å²) in [7, 11) is 1.52. The van der Waals surface area contributed by atoms with Crippen LogP contribution in [0.1, 0.15) is 30.0 Å². The standard InChI is InChI=1S/C25H26N4O5/c1-3-13-8-6-9-15-21(13)27-24(33)25(15)20-19(16(28-25)11-18(26)30)22(31)29(23(20)32)12-14-7-4-5-10-17(14)34-2/h4-10,16,19-20,28H,3,11-12H2,1-2H3,(H2,26,30)(H,27,33)/t16-,19+,20+,25+/m0/s1. The number of carbonyl (C=O) groups is 4. The van der Waals surface area contributed by atoms with E-state index in [4.69, 9.17) is 10.5 Å². The Morgan fingerprint density at radius 3 is 2.53 bits per heavy atom. The highest BCUT2D eigenvalue weighted by Crippen LogP contribution is 2.54. The Morgan fingerprint density at radius 1 is 1.09 bits per heavy atom. The van der Waals surface area contributed by atoms with Crippen LogP contribution in [0.5, 0.6) is 5.75 Å². The maximum absolute atomic E-state index is 13.8. The number of amides is 4. The van der Waals surface area contributed by atoms with E-state index in [-0.39, 0.29) is 13.0 Å². The molecule has 3 heterocycles. The number of carbonyl (C=O) groups excluding carboxylic acids is 4. The number of primary amides is 1. The van der Waals surface area contributed by atoms with Gasteiger partial charge in [0.25, 0.3) is 0 Å². The van der Waals surface area contributed by atoms with E-state index in [2.05, 4.69) is 10.6 Å². The molecule has 176 valence electrons. The molecule has 4 amide bonds. The zero-order valence-corrected chi connectivity index (χ0v) is 19.0. The van der Waals surface area contributed by atoms with Gasteiger partial charge in [0.2, 0.25) is 23.6 Å². The average Bonchev–Trinajstić information content (AvgIpc) is 3.39. The van der Waals surface area contributed by atoms with Gasteiger partial charge in [0.05, 0.1) is 25.5 Å².